The van der Waals surface area contributed by atoms with Gasteiger partial charge in [-0.15, -0.1) is 24.0 Å². The molecule has 0 aromatic carbocycles. The summed E-state index contributed by atoms with van der Waals surface area (Å²) in [6.45, 7) is 7.69. The van der Waals surface area contributed by atoms with Crippen LogP contribution in [0.3, 0.4) is 0 Å². The second-order valence-electron chi connectivity index (χ2n) is 5.99. The second-order valence-corrected chi connectivity index (χ2v) is 8.73. The Balaban J connectivity index is 0.00000264. The number of pyridine rings is 1. The number of nitrogens with zero attached hydrogens (tertiary/aromatic N) is 3. The normalized spacial score (nSPS) is 19.8. The smallest absolute Gasteiger partial charge is 0.194 e. The summed E-state index contributed by atoms with van der Waals surface area (Å²) in [4.78, 5) is 10.9. The number of rotatable bonds is 3. The predicted octanol–water partition coefficient (Wildman–Crippen LogP) is 1.67. The first kappa shape index (κ1) is 20.1. The van der Waals surface area contributed by atoms with Gasteiger partial charge in [0.25, 0.3) is 0 Å². The fraction of sp³-hybridized carbons (Fsp3) is 0.600. The Kier molecular flexibility index (Phi) is 7.25. The minimum absolute atomic E-state index is 0. The van der Waals surface area contributed by atoms with Gasteiger partial charge in [-0.25, -0.2) is 13.4 Å². The van der Waals surface area contributed by atoms with Gasteiger partial charge < -0.3 is 10.2 Å². The maximum absolute atomic E-state index is 12.1. The van der Waals surface area contributed by atoms with Gasteiger partial charge in [0, 0.05) is 25.8 Å². The van der Waals surface area contributed by atoms with Crippen molar-refractivity contribution in [2.75, 3.05) is 25.4 Å². The molecule has 1 fully saturated rings. The first-order valence-electron chi connectivity index (χ1n) is 7.51. The van der Waals surface area contributed by atoms with E-state index in [1.807, 2.05) is 30.0 Å². The number of guanidine groups is 1. The van der Waals surface area contributed by atoms with Crippen LogP contribution >= 0.6 is 24.0 Å². The van der Waals surface area contributed by atoms with E-state index in [4.69, 9.17) is 0 Å². The van der Waals surface area contributed by atoms with Crippen LogP contribution in [0.5, 0.6) is 0 Å². The van der Waals surface area contributed by atoms with Gasteiger partial charge in [0.1, 0.15) is 0 Å². The summed E-state index contributed by atoms with van der Waals surface area (Å²) in [6, 6.07) is 5.73. The molecule has 2 rings (SSSR count). The fourth-order valence-corrected chi connectivity index (χ4v) is 3.76. The molecule has 2 heterocycles. The molecule has 0 spiro atoms. The Morgan fingerprint density at radius 2 is 2.17 bits per heavy atom. The molecule has 1 aliphatic rings. The van der Waals surface area contributed by atoms with E-state index >= 15 is 0 Å². The molecule has 1 aromatic rings. The molecule has 0 amide bonds. The molecule has 0 atom stereocenters. The van der Waals surface area contributed by atoms with E-state index in [1.165, 1.54) is 0 Å². The first-order chi connectivity index (χ1) is 10.4. The number of halogens is 1. The van der Waals surface area contributed by atoms with E-state index < -0.39 is 14.6 Å². The molecule has 23 heavy (non-hydrogen) atoms. The van der Waals surface area contributed by atoms with Crippen LogP contribution in [0.25, 0.3) is 0 Å². The van der Waals surface area contributed by atoms with Crippen molar-refractivity contribution in [1.82, 2.24) is 15.2 Å². The minimum Gasteiger partial charge on any atom is -0.357 e. The topological polar surface area (TPSA) is 74.7 Å². The maximum Gasteiger partial charge on any atom is 0.194 e. The lowest BCUT2D eigenvalue weighted by Gasteiger charge is -2.39. The lowest BCUT2D eigenvalue weighted by molar-refractivity contribution is 0.353. The van der Waals surface area contributed by atoms with Crippen LogP contribution in [-0.4, -0.2) is 54.4 Å². The van der Waals surface area contributed by atoms with Crippen LogP contribution in [0.2, 0.25) is 0 Å². The standard InChI is InChI=1S/C15H24N4O2S.HI/c1-4-16-14(18-11-13-7-5-6-8-17-13)19-9-10-22(20,21)15(2,3)12-19;/h5-8H,4,9-12H2,1-3H3,(H,16,18);1H. The van der Waals surface area contributed by atoms with Crippen LogP contribution in [0.1, 0.15) is 26.5 Å². The fourth-order valence-electron chi connectivity index (χ4n) is 2.40. The van der Waals surface area contributed by atoms with Crippen molar-refractivity contribution in [3.8, 4) is 0 Å². The summed E-state index contributed by atoms with van der Waals surface area (Å²) < 4.78 is 23.5. The Bertz CT molecular complexity index is 632. The molecule has 1 aromatic heterocycles. The third kappa shape index (κ3) is 5.03. The minimum atomic E-state index is -3.05. The van der Waals surface area contributed by atoms with Gasteiger partial charge in [-0.2, -0.15) is 0 Å². The number of nitrogens with one attached hydrogen (secondary N) is 1. The van der Waals surface area contributed by atoms with Gasteiger partial charge in [0.2, 0.25) is 0 Å². The molecule has 1 aliphatic heterocycles. The molecule has 0 aliphatic carbocycles. The summed E-state index contributed by atoms with van der Waals surface area (Å²) >= 11 is 0. The SMILES string of the molecule is CCNC(=NCc1ccccn1)N1CCS(=O)(=O)C(C)(C)C1.I. The van der Waals surface area contributed by atoms with Crippen LogP contribution in [0.4, 0.5) is 0 Å². The molecule has 1 saturated heterocycles. The van der Waals surface area contributed by atoms with Crippen molar-refractivity contribution in [3.63, 3.8) is 0 Å². The third-order valence-electron chi connectivity index (χ3n) is 3.79. The third-order valence-corrected chi connectivity index (χ3v) is 6.33. The summed E-state index contributed by atoms with van der Waals surface area (Å²) in [7, 11) is -3.05. The Labute approximate surface area is 155 Å². The van der Waals surface area contributed by atoms with Gasteiger partial charge in [-0.05, 0) is 32.9 Å². The largest absolute Gasteiger partial charge is 0.357 e. The summed E-state index contributed by atoms with van der Waals surface area (Å²) in [5.74, 6) is 0.907. The van der Waals surface area contributed by atoms with Crippen LogP contribution < -0.4 is 5.32 Å². The van der Waals surface area contributed by atoms with E-state index in [2.05, 4.69) is 15.3 Å². The van der Waals surface area contributed by atoms with Crippen LogP contribution in [0, 0.1) is 0 Å². The number of hydrogen-bond acceptors (Lipinski definition) is 4. The number of sulfone groups is 1. The monoisotopic (exact) mass is 452 g/mol. The van der Waals surface area contributed by atoms with Gasteiger partial charge in [0.15, 0.2) is 15.8 Å². The van der Waals surface area contributed by atoms with Crippen molar-refractivity contribution in [2.24, 2.45) is 4.99 Å². The van der Waals surface area contributed by atoms with Crippen LogP contribution in [0.15, 0.2) is 29.4 Å². The lowest BCUT2D eigenvalue weighted by atomic mass is 10.2. The molecule has 130 valence electrons. The van der Waals surface area contributed by atoms with E-state index in [0.717, 1.165) is 18.2 Å². The zero-order valence-corrected chi connectivity index (χ0v) is 17.0. The quantitative estimate of drug-likeness (QED) is 0.429. The molecule has 0 saturated carbocycles. The zero-order valence-electron chi connectivity index (χ0n) is 13.8. The molecule has 8 heteroatoms. The second kappa shape index (κ2) is 8.27. The predicted molar refractivity (Wildman–Crippen MR) is 104 cm³/mol. The first-order valence-corrected chi connectivity index (χ1v) is 9.16. The summed E-state index contributed by atoms with van der Waals surface area (Å²) in [5, 5.41) is 3.24. The molecular formula is C15H25IN4O2S. The van der Waals surface area contributed by atoms with E-state index in [0.29, 0.717) is 19.6 Å². The van der Waals surface area contributed by atoms with Crippen molar-refractivity contribution in [3.05, 3.63) is 30.1 Å². The van der Waals surface area contributed by atoms with E-state index in [1.54, 1.807) is 20.0 Å². The average Bonchev–Trinajstić information content (AvgIpc) is 2.47. The van der Waals surface area contributed by atoms with Gasteiger partial charge in [-0.1, -0.05) is 6.07 Å². The highest BCUT2D eigenvalue weighted by molar-refractivity contribution is 14.0. The van der Waals surface area contributed by atoms with E-state index in [9.17, 15) is 8.42 Å². The molecule has 0 radical (unpaired) electrons. The Morgan fingerprint density at radius 1 is 1.43 bits per heavy atom. The van der Waals surface area contributed by atoms with Crippen molar-refractivity contribution in [2.45, 2.75) is 32.1 Å². The molecule has 6 nitrogen and oxygen atoms in total. The highest BCUT2D eigenvalue weighted by Crippen LogP contribution is 2.23. The van der Waals surface area contributed by atoms with Crippen molar-refractivity contribution >= 4 is 39.8 Å². The highest BCUT2D eigenvalue weighted by Gasteiger charge is 2.40. The molecule has 0 unspecified atom stereocenters. The van der Waals surface area contributed by atoms with Gasteiger partial charge in [-0.3, -0.25) is 4.98 Å². The highest BCUT2D eigenvalue weighted by atomic mass is 127. The van der Waals surface area contributed by atoms with Gasteiger partial charge >= 0.3 is 0 Å². The lowest BCUT2D eigenvalue weighted by Crippen LogP contribution is -2.57. The number of aromatic nitrogens is 1. The Morgan fingerprint density at radius 3 is 2.74 bits per heavy atom. The van der Waals surface area contributed by atoms with Crippen LogP contribution in [-0.2, 0) is 16.4 Å². The molecule has 0 bridgehead atoms. The van der Waals surface area contributed by atoms with Gasteiger partial charge in [0.05, 0.1) is 22.7 Å². The average molecular weight is 452 g/mol. The number of hydrogen-bond donors (Lipinski definition) is 1. The van der Waals surface area contributed by atoms with Crippen molar-refractivity contribution in [1.29, 1.82) is 0 Å². The van der Waals surface area contributed by atoms with Crippen molar-refractivity contribution < 1.29 is 8.42 Å². The summed E-state index contributed by atoms with van der Waals surface area (Å²) in [6.07, 6.45) is 1.74. The summed E-state index contributed by atoms with van der Waals surface area (Å²) in [5.41, 5.74) is 0.891. The zero-order chi connectivity index (χ0) is 16.2. The molecule has 1 N–H and O–H groups in total. The maximum atomic E-state index is 12.1. The number of aliphatic imine (C=N–C) groups is 1. The molecular weight excluding hydrogens is 427 g/mol. The van der Waals surface area contributed by atoms with E-state index in [-0.39, 0.29) is 29.7 Å². The Hall–Kier alpha value is -0.900.